The van der Waals surface area contributed by atoms with Crippen molar-refractivity contribution in [3.8, 4) is 11.3 Å². The molecular formula is C22H20F4N4. The van der Waals surface area contributed by atoms with Crippen LogP contribution < -0.4 is 10.7 Å². The molecule has 2 N–H and O–H groups in total. The van der Waals surface area contributed by atoms with Gasteiger partial charge in [-0.3, -0.25) is 5.01 Å². The number of anilines is 1. The molecule has 156 valence electrons. The second-order valence-corrected chi connectivity index (χ2v) is 7.32. The number of rotatable bonds is 3. The van der Waals surface area contributed by atoms with Crippen LogP contribution in [0, 0.1) is 13.8 Å². The van der Waals surface area contributed by atoms with Crippen LogP contribution in [0.3, 0.4) is 0 Å². The summed E-state index contributed by atoms with van der Waals surface area (Å²) >= 11 is 0. The maximum atomic E-state index is 13.8. The van der Waals surface area contributed by atoms with Gasteiger partial charge in [0.25, 0.3) is 0 Å². The second kappa shape index (κ2) is 7.28. The summed E-state index contributed by atoms with van der Waals surface area (Å²) in [5, 5.41) is 4.91. The minimum atomic E-state index is -4.49. The zero-order valence-electron chi connectivity index (χ0n) is 16.6. The zero-order chi connectivity index (χ0) is 21.6. The Morgan fingerprint density at radius 3 is 2.63 bits per heavy atom. The van der Waals surface area contributed by atoms with Gasteiger partial charge < -0.3 is 5.32 Å². The highest BCUT2D eigenvalue weighted by Crippen LogP contribution is 2.38. The lowest BCUT2D eigenvalue weighted by molar-refractivity contribution is -0.137. The van der Waals surface area contributed by atoms with Gasteiger partial charge in [0.1, 0.15) is 17.5 Å². The first-order valence-corrected chi connectivity index (χ1v) is 9.36. The number of aryl methyl sites for hydroxylation is 1. The molecule has 0 amide bonds. The first kappa shape index (κ1) is 20.2. The maximum absolute atomic E-state index is 13.8. The molecule has 1 aromatic carbocycles. The number of allylic oxidation sites excluding steroid dienone is 2. The van der Waals surface area contributed by atoms with Gasteiger partial charge in [0.2, 0.25) is 0 Å². The number of hydrogen-bond donors (Lipinski definition) is 2. The van der Waals surface area contributed by atoms with Crippen LogP contribution in [0.5, 0.6) is 0 Å². The Hall–Kier alpha value is -3.13. The van der Waals surface area contributed by atoms with Crippen LogP contribution >= 0.6 is 0 Å². The van der Waals surface area contributed by atoms with Gasteiger partial charge in [-0.25, -0.2) is 14.8 Å². The summed E-state index contributed by atoms with van der Waals surface area (Å²) < 4.78 is 54.3. The average molecular weight is 416 g/mol. The predicted octanol–water partition coefficient (Wildman–Crippen LogP) is 5.25. The number of benzene rings is 1. The summed E-state index contributed by atoms with van der Waals surface area (Å²) in [5.41, 5.74) is 4.95. The normalized spacial score (nSPS) is 18.6. The van der Waals surface area contributed by atoms with Gasteiger partial charge in [-0.05, 0) is 49.3 Å². The lowest BCUT2D eigenvalue weighted by Crippen LogP contribution is -2.35. The van der Waals surface area contributed by atoms with Gasteiger partial charge in [0.15, 0.2) is 0 Å². The number of nitrogens with zero attached hydrogens (tertiary/aromatic N) is 2. The average Bonchev–Trinajstić information content (AvgIpc) is 2.99. The third-order valence-corrected chi connectivity index (χ3v) is 5.30. The Balaban J connectivity index is 1.80. The molecule has 2 aromatic rings. The summed E-state index contributed by atoms with van der Waals surface area (Å²) in [7, 11) is 1.78. The van der Waals surface area contributed by atoms with Crippen LogP contribution in [0.2, 0.25) is 0 Å². The third-order valence-electron chi connectivity index (χ3n) is 5.30. The summed E-state index contributed by atoms with van der Waals surface area (Å²) in [6.07, 6.45) is 0.0288. The van der Waals surface area contributed by atoms with E-state index >= 15 is 0 Å². The fourth-order valence-electron chi connectivity index (χ4n) is 3.59. The molecular weight excluding hydrogens is 396 g/mol. The van der Waals surface area contributed by atoms with Crippen LogP contribution in [0.15, 0.2) is 65.8 Å². The van der Waals surface area contributed by atoms with Crippen LogP contribution in [0.1, 0.15) is 16.7 Å². The minimum Gasteiger partial charge on any atom is -0.325 e. The van der Waals surface area contributed by atoms with Crippen LogP contribution in [0.25, 0.3) is 11.3 Å². The summed E-state index contributed by atoms with van der Waals surface area (Å²) in [5.74, 6) is 0.643. The molecule has 0 bridgehead atoms. The Bertz CT molecular complexity index is 1100. The molecule has 1 aromatic heterocycles. The van der Waals surface area contributed by atoms with Gasteiger partial charge in [-0.15, -0.1) is 0 Å². The highest BCUT2D eigenvalue weighted by Gasteiger charge is 2.34. The van der Waals surface area contributed by atoms with E-state index < -0.39 is 11.7 Å². The lowest BCUT2D eigenvalue weighted by Gasteiger charge is -2.21. The van der Waals surface area contributed by atoms with E-state index in [9.17, 15) is 17.6 Å². The molecule has 1 atom stereocenters. The Morgan fingerprint density at radius 2 is 1.90 bits per heavy atom. The van der Waals surface area contributed by atoms with E-state index in [1.807, 2.05) is 13.8 Å². The van der Waals surface area contributed by atoms with Crippen molar-refractivity contribution >= 4 is 5.82 Å². The Labute approximate surface area is 171 Å². The van der Waals surface area contributed by atoms with E-state index in [-0.39, 0.29) is 23.1 Å². The van der Waals surface area contributed by atoms with E-state index in [1.54, 1.807) is 30.3 Å². The van der Waals surface area contributed by atoms with Crippen molar-refractivity contribution in [2.75, 3.05) is 12.4 Å². The van der Waals surface area contributed by atoms with Gasteiger partial charge in [-0.1, -0.05) is 24.3 Å². The fourth-order valence-corrected chi connectivity index (χ4v) is 3.59. The predicted molar refractivity (Wildman–Crippen MR) is 108 cm³/mol. The number of aromatic nitrogens is 1. The monoisotopic (exact) mass is 416 g/mol. The van der Waals surface area contributed by atoms with E-state index in [0.717, 1.165) is 17.2 Å². The van der Waals surface area contributed by atoms with Crippen molar-refractivity contribution in [1.82, 2.24) is 15.4 Å². The molecule has 0 radical (unpaired) electrons. The standard InChI is InChI=1S/C22H20F4N4/c1-12-10-19(15-6-4-5-7-17(15)22(24,25)26)27-20(13(12)2)28-21-16-11-14(23)8-9-18(16)29-30(21)3/h4-11,18,29H,1-3H3,(H,27,28). The summed E-state index contributed by atoms with van der Waals surface area (Å²) in [6.45, 7) is 3.66. The van der Waals surface area contributed by atoms with Crippen molar-refractivity contribution in [2.45, 2.75) is 26.1 Å². The zero-order valence-corrected chi connectivity index (χ0v) is 16.6. The molecule has 0 spiro atoms. The summed E-state index contributed by atoms with van der Waals surface area (Å²) in [4.78, 5) is 4.50. The van der Waals surface area contributed by atoms with Crippen molar-refractivity contribution in [3.63, 3.8) is 0 Å². The number of hydrazine groups is 1. The van der Waals surface area contributed by atoms with Crippen molar-refractivity contribution < 1.29 is 17.6 Å². The molecule has 2 heterocycles. The van der Waals surface area contributed by atoms with E-state index in [4.69, 9.17) is 0 Å². The number of pyridine rings is 1. The molecule has 0 fully saturated rings. The molecule has 1 aliphatic heterocycles. The quantitative estimate of drug-likeness (QED) is 0.671. The number of alkyl halides is 3. The highest BCUT2D eigenvalue weighted by molar-refractivity contribution is 5.69. The molecule has 0 saturated heterocycles. The molecule has 0 saturated carbocycles. The van der Waals surface area contributed by atoms with Gasteiger partial charge in [0, 0.05) is 18.2 Å². The Kier molecular flexibility index (Phi) is 4.89. The van der Waals surface area contributed by atoms with Crippen molar-refractivity contribution in [2.24, 2.45) is 0 Å². The maximum Gasteiger partial charge on any atom is 0.417 e. The molecule has 30 heavy (non-hydrogen) atoms. The summed E-state index contributed by atoms with van der Waals surface area (Å²) in [6, 6.07) is 6.83. The minimum absolute atomic E-state index is 0.0103. The molecule has 1 aliphatic carbocycles. The van der Waals surface area contributed by atoms with Crippen LogP contribution in [-0.4, -0.2) is 23.1 Å². The molecule has 1 unspecified atom stereocenters. The van der Waals surface area contributed by atoms with E-state index in [2.05, 4.69) is 15.7 Å². The van der Waals surface area contributed by atoms with E-state index in [1.165, 1.54) is 24.3 Å². The van der Waals surface area contributed by atoms with Crippen LogP contribution in [0.4, 0.5) is 23.4 Å². The van der Waals surface area contributed by atoms with Gasteiger partial charge in [0.05, 0.1) is 17.3 Å². The number of hydrogen-bond acceptors (Lipinski definition) is 4. The number of nitrogens with one attached hydrogen (secondary N) is 2. The first-order chi connectivity index (χ1) is 14.1. The fraction of sp³-hybridized carbons (Fsp3) is 0.227. The molecule has 2 aliphatic rings. The van der Waals surface area contributed by atoms with Crippen molar-refractivity contribution in [1.29, 1.82) is 0 Å². The smallest absolute Gasteiger partial charge is 0.325 e. The topological polar surface area (TPSA) is 40.2 Å². The van der Waals surface area contributed by atoms with Crippen LogP contribution in [-0.2, 0) is 6.18 Å². The second-order valence-electron chi connectivity index (χ2n) is 7.32. The highest BCUT2D eigenvalue weighted by atomic mass is 19.4. The Morgan fingerprint density at radius 1 is 1.17 bits per heavy atom. The SMILES string of the molecule is Cc1cc(-c2ccccc2C(F)(F)F)nc(NC2=C3C=C(F)C=CC3NN2C)c1C. The first-order valence-electron chi connectivity index (χ1n) is 9.36. The number of halogens is 4. The third kappa shape index (κ3) is 3.59. The van der Waals surface area contributed by atoms with Gasteiger partial charge in [-0.2, -0.15) is 13.2 Å². The van der Waals surface area contributed by atoms with Crippen molar-refractivity contribution in [3.05, 3.63) is 82.5 Å². The van der Waals surface area contributed by atoms with E-state index in [0.29, 0.717) is 17.2 Å². The largest absolute Gasteiger partial charge is 0.417 e. The number of fused-ring (bicyclic) bond motifs is 1. The molecule has 8 heteroatoms. The lowest BCUT2D eigenvalue weighted by atomic mass is 10.0. The molecule has 4 rings (SSSR count). The molecule has 4 nitrogen and oxygen atoms in total. The van der Waals surface area contributed by atoms with Gasteiger partial charge >= 0.3 is 6.18 Å².